The maximum atomic E-state index is 11.5. The summed E-state index contributed by atoms with van der Waals surface area (Å²) in [5.74, 6) is 0.669. The summed E-state index contributed by atoms with van der Waals surface area (Å²) in [5, 5.41) is 8.13. The molecule has 6 nitrogen and oxygen atoms in total. The minimum Gasteiger partial charge on any atom is -0.313 e. The minimum atomic E-state index is -0.313. The highest BCUT2D eigenvalue weighted by molar-refractivity contribution is 5.54. The molecule has 1 aromatic carbocycles. The third-order valence-electron chi connectivity index (χ3n) is 3.02. The lowest BCUT2D eigenvalue weighted by molar-refractivity contribution is 0.462. The molecule has 0 aliphatic carbocycles. The first-order valence-corrected chi connectivity index (χ1v) is 6.05. The lowest BCUT2D eigenvalue weighted by Crippen LogP contribution is -2.50. The number of hydrogen-bond donors (Lipinski definition) is 2. The molecule has 1 saturated heterocycles. The van der Waals surface area contributed by atoms with Gasteiger partial charge in [-0.05, 0) is 0 Å². The summed E-state index contributed by atoms with van der Waals surface area (Å²) in [7, 11) is 0. The normalized spacial score (nSPS) is 15.9. The molecule has 0 saturated carbocycles. The lowest BCUT2D eigenvalue weighted by atomic mass is 10.2. The number of aromatic amines is 1. The fraction of sp³-hybridized carbons (Fsp3) is 0.333. The molecule has 1 aliphatic heterocycles. The number of nitrogens with one attached hydrogen (secondary N) is 2. The van der Waals surface area contributed by atoms with E-state index in [9.17, 15) is 4.79 Å². The Bertz CT molecular complexity index is 568. The van der Waals surface area contributed by atoms with Crippen molar-refractivity contribution in [2.24, 2.45) is 0 Å². The van der Waals surface area contributed by atoms with E-state index in [-0.39, 0.29) is 5.69 Å². The molecule has 1 fully saturated rings. The van der Waals surface area contributed by atoms with E-state index in [1.54, 1.807) is 4.79 Å². The number of H-pyrrole nitrogens is 1. The highest BCUT2D eigenvalue weighted by atomic mass is 16.1. The predicted octanol–water partition coefficient (Wildman–Crippen LogP) is -0.220. The van der Waals surface area contributed by atoms with Gasteiger partial charge in [-0.2, -0.15) is 9.77 Å². The van der Waals surface area contributed by atoms with Crippen molar-refractivity contribution in [2.45, 2.75) is 0 Å². The number of nitrogens with zero attached hydrogens (tertiary/aromatic N) is 3. The van der Waals surface area contributed by atoms with E-state index < -0.39 is 0 Å². The van der Waals surface area contributed by atoms with Crippen LogP contribution in [0, 0.1) is 0 Å². The molecule has 2 N–H and O–H groups in total. The van der Waals surface area contributed by atoms with Crippen molar-refractivity contribution in [1.82, 2.24) is 20.2 Å². The fourth-order valence-corrected chi connectivity index (χ4v) is 2.14. The van der Waals surface area contributed by atoms with Crippen molar-refractivity contribution >= 4 is 0 Å². The van der Waals surface area contributed by atoms with Crippen molar-refractivity contribution < 1.29 is 0 Å². The van der Waals surface area contributed by atoms with Crippen LogP contribution in [0.1, 0.15) is 0 Å². The monoisotopic (exact) mass is 245 g/mol. The zero-order chi connectivity index (χ0) is 12.4. The molecule has 1 aliphatic rings. The van der Waals surface area contributed by atoms with E-state index in [1.807, 2.05) is 30.3 Å². The summed E-state index contributed by atoms with van der Waals surface area (Å²) in [6, 6.07) is 9.74. The highest BCUT2D eigenvalue weighted by Gasteiger charge is 2.16. The van der Waals surface area contributed by atoms with Crippen LogP contribution in [0.5, 0.6) is 0 Å². The van der Waals surface area contributed by atoms with Crippen molar-refractivity contribution in [3.8, 4) is 11.4 Å². The molecule has 2 aromatic rings. The third kappa shape index (κ3) is 2.02. The Morgan fingerprint density at radius 3 is 2.56 bits per heavy atom. The van der Waals surface area contributed by atoms with Crippen LogP contribution in [0.15, 0.2) is 35.1 Å². The molecule has 3 rings (SSSR count). The molecule has 2 heterocycles. The third-order valence-corrected chi connectivity index (χ3v) is 3.02. The summed E-state index contributed by atoms with van der Waals surface area (Å²) < 4.78 is 0. The molecule has 1 aromatic heterocycles. The van der Waals surface area contributed by atoms with Gasteiger partial charge in [-0.3, -0.25) is 5.01 Å². The van der Waals surface area contributed by atoms with Gasteiger partial charge in [0.05, 0.1) is 0 Å². The Kier molecular flexibility index (Phi) is 2.85. The van der Waals surface area contributed by atoms with Crippen LogP contribution in [0.25, 0.3) is 11.4 Å². The molecule has 94 valence electrons. The van der Waals surface area contributed by atoms with Gasteiger partial charge in [-0.15, -0.1) is 0 Å². The average molecular weight is 245 g/mol. The average Bonchev–Trinajstić information content (AvgIpc) is 2.83. The van der Waals surface area contributed by atoms with Crippen LogP contribution in [-0.4, -0.2) is 41.1 Å². The largest absolute Gasteiger partial charge is 0.363 e. The maximum Gasteiger partial charge on any atom is 0.363 e. The van der Waals surface area contributed by atoms with Gasteiger partial charge in [-0.25, -0.2) is 9.89 Å². The van der Waals surface area contributed by atoms with Crippen LogP contribution in [0.2, 0.25) is 0 Å². The van der Waals surface area contributed by atoms with Crippen molar-refractivity contribution in [3.05, 3.63) is 40.8 Å². The Morgan fingerprint density at radius 2 is 1.83 bits per heavy atom. The molecule has 0 unspecified atom stereocenters. The summed E-state index contributed by atoms with van der Waals surface area (Å²) in [5.41, 5.74) is 0.627. The van der Waals surface area contributed by atoms with Crippen LogP contribution in [0.3, 0.4) is 0 Å². The van der Waals surface area contributed by atoms with Crippen LogP contribution in [0.4, 0.5) is 0 Å². The van der Waals surface area contributed by atoms with Gasteiger partial charge in [0, 0.05) is 31.7 Å². The number of piperazine rings is 1. The van der Waals surface area contributed by atoms with E-state index in [0.29, 0.717) is 5.82 Å². The van der Waals surface area contributed by atoms with Gasteiger partial charge in [0.15, 0.2) is 5.82 Å². The van der Waals surface area contributed by atoms with Crippen molar-refractivity contribution in [2.75, 3.05) is 31.2 Å². The second-order valence-corrected chi connectivity index (χ2v) is 4.23. The van der Waals surface area contributed by atoms with Crippen molar-refractivity contribution in [3.63, 3.8) is 0 Å². The summed E-state index contributed by atoms with van der Waals surface area (Å²) in [6.07, 6.45) is 0. The molecule has 0 radical (unpaired) electrons. The van der Waals surface area contributed by atoms with Gasteiger partial charge in [0.25, 0.3) is 0 Å². The summed E-state index contributed by atoms with van der Waals surface area (Å²) in [6.45, 7) is 3.53. The smallest absolute Gasteiger partial charge is 0.313 e. The quantitative estimate of drug-likeness (QED) is 0.767. The first kappa shape index (κ1) is 11.0. The van der Waals surface area contributed by atoms with E-state index in [2.05, 4.69) is 20.4 Å². The molecular formula is C12H15N5O. The lowest BCUT2D eigenvalue weighted by Gasteiger charge is -2.30. The van der Waals surface area contributed by atoms with E-state index in [1.165, 1.54) is 0 Å². The van der Waals surface area contributed by atoms with Crippen molar-refractivity contribution in [1.29, 1.82) is 0 Å². The molecule has 0 spiro atoms. The minimum absolute atomic E-state index is 0.313. The molecule has 6 heteroatoms. The Labute approximate surface area is 104 Å². The number of hydrogen-bond acceptors (Lipinski definition) is 4. The van der Waals surface area contributed by atoms with Crippen LogP contribution >= 0.6 is 0 Å². The summed E-state index contributed by atoms with van der Waals surface area (Å²) in [4.78, 5) is 17.3. The second kappa shape index (κ2) is 4.66. The number of aromatic nitrogens is 3. The molecule has 0 atom stereocenters. The van der Waals surface area contributed by atoms with Crippen LogP contribution in [-0.2, 0) is 0 Å². The second-order valence-electron chi connectivity index (χ2n) is 4.23. The van der Waals surface area contributed by atoms with E-state index in [4.69, 9.17) is 0 Å². The highest BCUT2D eigenvalue weighted by Crippen LogP contribution is 2.14. The van der Waals surface area contributed by atoms with E-state index >= 15 is 0 Å². The fourth-order valence-electron chi connectivity index (χ4n) is 2.14. The molecule has 0 amide bonds. The number of rotatable bonds is 2. The first-order chi connectivity index (χ1) is 8.84. The van der Waals surface area contributed by atoms with Gasteiger partial charge in [0.1, 0.15) is 0 Å². The Balaban J connectivity index is 2.02. The first-order valence-electron chi connectivity index (χ1n) is 6.05. The molecule has 18 heavy (non-hydrogen) atoms. The standard InChI is InChI=1S/C12H15N5O/c18-12-14-11(10-4-2-1-3-5-10)17(15-12)16-8-6-13-7-9-16/h1-5,13H,6-9H2,(H,15,18). The maximum absolute atomic E-state index is 11.5. The van der Waals surface area contributed by atoms with Gasteiger partial charge in [0.2, 0.25) is 0 Å². The number of benzene rings is 1. The topological polar surface area (TPSA) is 66.0 Å². The molecule has 0 bridgehead atoms. The van der Waals surface area contributed by atoms with Gasteiger partial charge in [-0.1, -0.05) is 30.3 Å². The zero-order valence-corrected chi connectivity index (χ0v) is 9.97. The predicted molar refractivity (Wildman–Crippen MR) is 69.1 cm³/mol. The molecular weight excluding hydrogens is 230 g/mol. The SMILES string of the molecule is O=c1nc(-c2ccccc2)n(N2CCNCC2)[nH]1. The summed E-state index contributed by atoms with van der Waals surface area (Å²) >= 11 is 0. The zero-order valence-electron chi connectivity index (χ0n) is 9.97. The van der Waals surface area contributed by atoms with Gasteiger partial charge < -0.3 is 5.32 Å². The Morgan fingerprint density at radius 1 is 1.11 bits per heavy atom. The van der Waals surface area contributed by atoms with E-state index in [0.717, 1.165) is 31.7 Å². The van der Waals surface area contributed by atoms with Gasteiger partial charge >= 0.3 is 5.69 Å². The Hall–Kier alpha value is -2.08. The van der Waals surface area contributed by atoms with Crippen LogP contribution < -0.4 is 16.0 Å².